The van der Waals surface area contributed by atoms with E-state index in [2.05, 4.69) is 20.9 Å². The van der Waals surface area contributed by atoms with Gasteiger partial charge < -0.3 is 10.6 Å². The maximum Gasteiger partial charge on any atom is 0.223 e. The SMILES string of the molecule is NC(=O)Cc1ccc(N2CCC(c3nc4c(s3)CCN(C3CCC3)CC4)CC2)cn1. The summed E-state index contributed by atoms with van der Waals surface area (Å²) in [5, 5.41) is 1.37. The predicted octanol–water partition coefficient (Wildman–Crippen LogP) is 2.90. The topological polar surface area (TPSA) is 75.4 Å². The largest absolute Gasteiger partial charge is 0.370 e. The molecule has 7 heteroatoms. The predicted molar refractivity (Wildman–Crippen MR) is 120 cm³/mol. The van der Waals surface area contributed by atoms with Gasteiger partial charge in [0, 0.05) is 55.1 Å². The molecule has 0 radical (unpaired) electrons. The van der Waals surface area contributed by atoms with Gasteiger partial charge >= 0.3 is 0 Å². The van der Waals surface area contributed by atoms with Crippen LogP contribution in [-0.4, -0.2) is 53.0 Å². The van der Waals surface area contributed by atoms with E-state index in [4.69, 9.17) is 10.7 Å². The molecule has 30 heavy (non-hydrogen) atoms. The number of nitrogens with zero attached hydrogens (tertiary/aromatic N) is 4. The Morgan fingerprint density at radius 1 is 1.10 bits per heavy atom. The monoisotopic (exact) mass is 425 g/mol. The maximum atomic E-state index is 11.0. The minimum atomic E-state index is -0.339. The summed E-state index contributed by atoms with van der Waals surface area (Å²) in [7, 11) is 0. The molecule has 2 aliphatic heterocycles. The van der Waals surface area contributed by atoms with Crippen LogP contribution in [-0.2, 0) is 24.1 Å². The molecule has 1 saturated heterocycles. The Balaban J connectivity index is 1.17. The molecule has 0 unspecified atom stereocenters. The molecule has 0 bridgehead atoms. The van der Waals surface area contributed by atoms with Gasteiger partial charge in [-0.1, -0.05) is 6.42 Å². The fraction of sp³-hybridized carbons (Fsp3) is 0.609. The van der Waals surface area contributed by atoms with Crippen molar-refractivity contribution in [2.75, 3.05) is 31.1 Å². The second kappa shape index (κ2) is 8.63. The molecule has 5 rings (SSSR count). The van der Waals surface area contributed by atoms with Crippen molar-refractivity contribution in [1.82, 2.24) is 14.9 Å². The lowest BCUT2D eigenvalue weighted by molar-refractivity contribution is -0.117. The number of rotatable bonds is 5. The molecule has 2 N–H and O–H groups in total. The van der Waals surface area contributed by atoms with Gasteiger partial charge in [-0.3, -0.25) is 14.7 Å². The molecule has 1 aliphatic carbocycles. The van der Waals surface area contributed by atoms with Gasteiger partial charge in [-0.15, -0.1) is 11.3 Å². The highest BCUT2D eigenvalue weighted by Crippen LogP contribution is 2.36. The van der Waals surface area contributed by atoms with Gasteiger partial charge in [-0.05, 0) is 44.2 Å². The van der Waals surface area contributed by atoms with Gasteiger partial charge in [-0.2, -0.15) is 0 Å². The highest BCUT2D eigenvalue weighted by atomic mass is 32.1. The number of thiazole rings is 1. The summed E-state index contributed by atoms with van der Waals surface area (Å²) in [6.07, 6.45) is 10.9. The fourth-order valence-electron chi connectivity index (χ4n) is 4.96. The quantitative estimate of drug-likeness (QED) is 0.797. The van der Waals surface area contributed by atoms with Crippen LogP contribution in [0.4, 0.5) is 5.69 Å². The van der Waals surface area contributed by atoms with E-state index < -0.39 is 0 Å². The molecule has 2 fully saturated rings. The fourth-order valence-corrected chi connectivity index (χ4v) is 6.23. The van der Waals surface area contributed by atoms with Crippen molar-refractivity contribution in [3.05, 3.63) is 39.6 Å². The van der Waals surface area contributed by atoms with Crippen molar-refractivity contribution in [3.63, 3.8) is 0 Å². The van der Waals surface area contributed by atoms with Crippen molar-refractivity contribution in [1.29, 1.82) is 0 Å². The van der Waals surface area contributed by atoms with E-state index >= 15 is 0 Å². The average molecular weight is 426 g/mol. The van der Waals surface area contributed by atoms with Crippen molar-refractivity contribution in [2.24, 2.45) is 5.73 Å². The number of amides is 1. The van der Waals surface area contributed by atoms with Crippen LogP contribution in [0.2, 0.25) is 0 Å². The number of nitrogens with two attached hydrogens (primary N) is 1. The molecule has 3 aliphatic rings. The van der Waals surface area contributed by atoms with Crippen molar-refractivity contribution < 1.29 is 4.79 Å². The van der Waals surface area contributed by atoms with E-state index in [-0.39, 0.29) is 12.3 Å². The lowest BCUT2D eigenvalue weighted by Crippen LogP contribution is -2.41. The molecule has 2 aromatic heterocycles. The lowest BCUT2D eigenvalue weighted by atomic mass is 9.91. The second-order valence-electron chi connectivity index (χ2n) is 8.95. The van der Waals surface area contributed by atoms with Crippen LogP contribution >= 0.6 is 11.3 Å². The van der Waals surface area contributed by atoms with Crippen molar-refractivity contribution in [3.8, 4) is 0 Å². The Hall–Kier alpha value is -1.99. The highest BCUT2D eigenvalue weighted by molar-refractivity contribution is 7.11. The van der Waals surface area contributed by atoms with Gasteiger partial charge in [-0.25, -0.2) is 4.98 Å². The lowest BCUT2D eigenvalue weighted by Gasteiger charge is -2.36. The first-order chi connectivity index (χ1) is 14.7. The Kier molecular flexibility index (Phi) is 5.74. The molecule has 0 spiro atoms. The van der Waals surface area contributed by atoms with E-state index in [1.165, 1.54) is 49.5 Å². The third-order valence-corrected chi connectivity index (χ3v) is 8.34. The standard InChI is InChI=1S/C23H31N5OS/c24-22(29)14-17-4-5-19(15-25-17)28-10-6-16(7-11-28)23-26-20-8-12-27(18-2-1-3-18)13-9-21(20)30-23/h4-5,15-16,18H,1-3,6-14H2,(H2,24,29). The maximum absolute atomic E-state index is 11.0. The number of hydrogen-bond donors (Lipinski definition) is 1. The molecule has 160 valence electrons. The van der Waals surface area contributed by atoms with Gasteiger partial charge in [0.2, 0.25) is 5.91 Å². The van der Waals surface area contributed by atoms with E-state index in [0.29, 0.717) is 5.92 Å². The molecule has 0 aromatic carbocycles. The number of fused-ring (bicyclic) bond motifs is 1. The van der Waals surface area contributed by atoms with Gasteiger partial charge in [0.05, 0.1) is 29.0 Å². The van der Waals surface area contributed by atoms with E-state index in [9.17, 15) is 4.79 Å². The zero-order valence-corrected chi connectivity index (χ0v) is 18.4. The van der Waals surface area contributed by atoms with E-state index in [1.807, 2.05) is 23.6 Å². The first kappa shape index (κ1) is 19.9. The Morgan fingerprint density at radius 2 is 1.90 bits per heavy atom. The van der Waals surface area contributed by atoms with Crippen LogP contribution in [0.3, 0.4) is 0 Å². The number of hydrogen-bond acceptors (Lipinski definition) is 6. The molecular formula is C23H31N5OS. The summed E-state index contributed by atoms with van der Waals surface area (Å²) in [4.78, 5) is 27.2. The van der Waals surface area contributed by atoms with Crippen LogP contribution in [0, 0.1) is 0 Å². The van der Waals surface area contributed by atoms with Gasteiger partial charge in [0.1, 0.15) is 0 Å². The summed E-state index contributed by atoms with van der Waals surface area (Å²) in [6.45, 7) is 4.47. The number of primary amides is 1. The van der Waals surface area contributed by atoms with Crippen LogP contribution in [0.5, 0.6) is 0 Å². The summed E-state index contributed by atoms with van der Waals surface area (Å²) in [6, 6.07) is 4.82. The number of carbonyl (C=O) groups is 1. The number of carbonyl (C=O) groups excluding carboxylic acids is 1. The molecule has 1 saturated carbocycles. The first-order valence-electron chi connectivity index (χ1n) is 11.4. The van der Waals surface area contributed by atoms with Crippen molar-refractivity contribution >= 4 is 22.9 Å². The Labute approximate surface area is 182 Å². The number of aromatic nitrogens is 2. The normalized spacial score (nSPS) is 21.1. The Bertz CT molecular complexity index is 858. The summed E-state index contributed by atoms with van der Waals surface area (Å²) < 4.78 is 0. The molecule has 2 aromatic rings. The second-order valence-corrected chi connectivity index (χ2v) is 10.1. The smallest absolute Gasteiger partial charge is 0.223 e. The zero-order valence-electron chi connectivity index (χ0n) is 17.6. The van der Waals surface area contributed by atoms with Crippen LogP contribution in [0.15, 0.2) is 18.3 Å². The third kappa shape index (κ3) is 4.23. The summed E-state index contributed by atoms with van der Waals surface area (Å²) >= 11 is 1.99. The molecule has 1 amide bonds. The van der Waals surface area contributed by atoms with Crippen molar-refractivity contribution in [2.45, 2.75) is 63.3 Å². The highest BCUT2D eigenvalue weighted by Gasteiger charge is 2.29. The molecule has 6 nitrogen and oxygen atoms in total. The van der Waals surface area contributed by atoms with E-state index in [0.717, 1.165) is 49.8 Å². The minimum Gasteiger partial charge on any atom is -0.370 e. The Morgan fingerprint density at radius 3 is 2.57 bits per heavy atom. The average Bonchev–Trinajstić information content (AvgIpc) is 3.03. The first-order valence-corrected chi connectivity index (χ1v) is 12.2. The number of anilines is 1. The van der Waals surface area contributed by atoms with E-state index in [1.54, 1.807) is 4.88 Å². The molecular weight excluding hydrogens is 394 g/mol. The van der Waals surface area contributed by atoms with Gasteiger partial charge in [0.25, 0.3) is 0 Å². The zero-order chi connectivity index (χ0) is 20.5. The van der Waals surface area contributed by atoms with Crippen LogP contribution < -0.4 is 10.6 Å². The van der Waals surface area contributed by atoms with Crippen LogP contribution in [0.25, 0.3) is 0 Å². The minimum absolute atomic E-state index is 0.204. The summed E-state index contributed by atoms with van der Waals surface area (Å²) in [5.41, 5.74) is 8.51. The third-order valence-electron chi connectivity index (χ3n) is 7.02. The molecule has 0 atom stereocenters. The summed E-state index contributed by atoms with van der Waals surface area (Å²) in [5.74, 6) is 0.247. The van der Waals surface area contributed by atoms with Crippen LogP contribution in [0.1, 0.15) is 59.3 Å². The molecule has 4 heterocycles. The number of pyridine rings is 1. The van der Waals surface area contributed by atoms with Gasteiger partial charge in [0.15, 0.2) is 0 Å². The number of piperidine rings is 1.